The Balaban J connectivity index is 1.47. The van der Waals surface area contributed by atoms with Crippen LogP contribution in [0.15, 0.2) is 18.5 Å². The van der Waals surface area contributed by atoms with E-state index in [0.717, 1.165) is 63.9 Å². The van der Waals surface area contributed by atoms with Crippen molar-refractivity contribution in [3.05, 3.63) is 29.8 Å². The molecule has 6 rings (SSSR count). The maximum atomic E-state index is 13.4. The van der Waals surface area contributed by atoms with Crippen LogP contribution in [0.4, 0.5) is 19.0 Å². The van der Waals surface area contributed by atoms with Gasteiger partial charge >= 0.3 is 6.18 Å². The van der Waals surface area contributed by atoms with Gasteiger partial charge in [-0.25, -0.2) is 9.97 Å². The Hall–Kier alpha value is -2.13. The summed E-state index contributed by atoms with van der Waals surface area (Å²) in [5.41, 5.74) is 5.70. The van der Waals surface area contributed by atoms with E-state index in [1.165, 1.54) is 6.20 Å². The number of nitrogens with two attached hydrogens (primary N) is 1. The number of alkyl halides is 3. The van der Waals surface area contributed by atoms with Gasteiger partial charge in [0.25, 0.3) is 0 Å². The minimum absolute atomic E-state index is 0.00228. The molecule has 3 aliphatic carbocycles. The highest BCUT2D eigenvalue weighted by molar-refractivity contribution is 5.62. The van der Waals surface area contributed by atoms with E-state index in [1.807, 2.05) is 6.20 Å². The number of hydrogen-bond donors (Lipinski definition) is 1. The van der Waals surface area contributed by atoms with Gasteiger partial charge in [-0.15, -0.1) is 0 Å². The molecule has 1 aliphatic heterocycles. The molecule has 0 amide bonds. The Bertz CT molecular complexity index is 1010. The van der Waals surface area contributed by atoms with E-state index < -0.39 is 17.6 Å². The second-order valence-corrected chi connectivity index (χ2v) is 10.9. The topological polar surface area (TPSA) is 69.2 Å². The van der Waals surface area contributed by atoms with Crippen LogP contribution in [0.25, 0.3) is 11.3 Å². The minimum atomic E-state index is -4.55. The third-order valence-corrected chi connectivity index (χ3v) is 7.15. The summed E-state index contributed by atoms with van der Waals surface area (Å²) in [6.07, 6.45) is 2.67. The maximum absolute atomic E-state index is 13.4. The number of anilines is 1. The molecule has 2 aromatic heterocycles. The molecule has 1 saturated heterocycles. The fourth-order valence-corrected chi connectivity index (χ4v) is 5.72. The van der Waals surface area contributed by atoms with Crippen molar-refractivity contribution in [3.8, 4) is 11.3 Å². The van der Waals surface area contributed by atoms with Crippen LogP contribution in [0.2, 0.25) is 0 Å². The van der Waals surface area contributed by atoms with Crippen molar-refractivity contribution in [2.75, 3.05) is 32.0 Å². The van der Waals surface area contributed by atoms with Crippen LogP contribution in [-0.4, -0.2) is 51.3 Å². The highest BCUT2D eigenvalue weighted by Crippen LogP contribution is 2.68. The smallest absolute Gasteiger partial charge is 0.383 e. The lowest BCUT2D eigenvalue weighted by atomic mass is 9.43. The average Bonchev–Trinajstić information content (AvgIpc) is 3.02. The standard InChI is InChI=1S/C23H30F3N5O/c1-20(2,3)9-18-29-17(15-8-16(23(24,25)26)19(27)28-10-15)11-31(18)22-12-21(13-22,14-22)30-4-6-32-7-5-30/h8,10-11H,4-7,9,12-14H2,1-3H3,(H2,27,28). The van der Waals surface area contributed by atoms with Crippen LogP contribution in [0, 0.1) is 5.41 Å². The summed E-state index contributed by atoms with van der Waals surface area (Å²) >= 11 is 0. The molecule has 4 aliphatic rings. The van der Waals surface area contributed by atoms with E-state index in [9.17, 15) is 13.2 Å². The summed E-state index contributed by atoms with van der Waals surface area (Å²) < 4.78 is 47.9. The van der Waals surface area contributed by atoms with Gasteiger partial charge in [0.2, 0.25) is 0 Å². The van der Waals surface area contributed by atoms with Gasteiger partial charge < -0.3 is 15.0 Å². The number of imidazole rings is 1. The number of hydrogen-bond acceptors (Lipinski definition) is 5. The van der Waals surface area contributed by atoms with Gasteiger partial charge in [-0.2, -0.15) is 13.2 Å². The molecule has 6 nitrogen and oxygen atoms in total. The molecular formula is C23H30F3N5O. The first-order valence-corrected chi connectivity index (χ1v) is 11.2. The third-order valence-electron chi connectivity index (χ3n) is 7.15. The number of ether oxygens (including phenoxy) is 1. The van der Waals surface area contributed by atoms with E-state index in [1.54, 1.807) is 0 Å². The number of nitrogens with zero attached hydrogens (tertiary/aromatic N) is 4. The molecule has 2 aromatic rings. The lowest BCUT2D eigenvalue weighted by Gasteiger charge is -2.74. The Labute approximate surface area is 186 Å². The molecule has 0 radical (unpaired) electrons. The summed E-state index contributed by atoms with van der Waals surface area (Å²) in [6.45, 7) is 9.95. The molecule has 3 saturated carbocycles. The molecule has 32 heavy (non-hydrogen) atoms. The fourth-order valence-electron chi connectivity index (χ4n) is 5.72. The van der Waals surface area contributed by atoms with Crippen LogP contribution in [0.1, 0.15) is 51.4 Å². The molecule has 9 heteroatoms. The van der Waals surface area contributed by atoms with Crippen LogP contribution in [0.3, 0.4) is 0 Å². The molecule has 2 N–H and O–H groups in total. The molecule has 0 aromatic carbocycles. The number of rotatable bonds is 4. The number of halogens is 3. The SMILES string of the molecule is CC(C)(C)Cc1nc(-c2cnc(N)c(C(F)(F)F)c2)cn1C12CC(N3CCOCC3)(C1)C2. The summed E-state index contributed by atoms with van der Waals surface area (Å²) in [4.78, 5) is 11.2. The number of aromatic nitrogens is 3. The zero-order valence-corrected chi connectivity index (χ0v) is 18.8. The van der Waals surface area contributed by atoms with Crippen LogP contribution in [-0.2, 0) is 22.9 Å². The van der Waals surface area contributed by atoms with Gasteiger partial charge in [0, 0.05) is 43.0 Å². The highest BCUT2D eigenvalue weighted by Gasteiger charge is 2.71. The van der Waals surface area contributed by atoms with Crippen molar-refractivity contribution in [2.24, 2.45) is 5.41 Å². The van der Waals surface area contributed by atoms with Crippen molar-refractivity contribution in [1.82, 2.24) is 19.4 Å². The minimum Gasteiger partial charge on any atom is -0.383 e. The lowest BCUT2D eigenvalue weighted by Crippen LogP contribution is -2.79. The predicted molar refractivity (Wildman–Crippen MR) is 115 cm³/mol. The summed E-state index contributed by atoms with van der Waals surface area (Å²) in [5.74, 6) is 0.413. The van der Waals surface area contributed by atoms with Crippen molar-refractivity contribution >= 4 is 5.82 Å². The van der Waals surface area contributed by atoms with E-state index in [2.05, 4.69) is 35.2 Å². The van der Waals surface area contributed by atoms with Crippen molar-refractivity contribution in [2.45, 2.75) is 63.7 Å². The third kappa shape index (κ3) is 3.50. The molecule has 174 valence electrons. The molecule has 0 spiro atoms. The fraction of sp³-hybridized carbons (Fsp3) is 0.652. The monoisotopic (exact) mass is 449 g/mol. The quantitative estimate of drug-likeness (QED) is 0.761. The van der Waals surface area contributed by atoms with Gasteiger partial charge in [0.15, 0.2) is 0 Å². The van der Waals surface area contributed by atoms with E-state index >= 15 is 0 Å². The second-order valence-electron chi connectivity index (χ2n) is 10.9. The lowest BCUT2D eigenvalue weighted by molar-refractivity contribution is -0.221. The summed E-state index contributed by atoms with van der Waals surface area (Å²) in [6, 6.07) is 1.06. The van der Waals surface area contributed by atoms with Crippen LogP contribution in [0.5, 0.6) is 0 Å². The second kappa shape index (κ2) is 6.93. The average molecular weight is 450 g/mol. The Morgan fingerprint density at radius 1 is 1.09 bits per heavy atom. The number of nitrogen functional groups attached to an aromatic ring is 1. The number of pyridine rings is 1. The normalized spacial score (nSPS) is 28.3. The first kappa shape index (κ1) is 21.7. The molecule has 4 fully saturated rings. The zero-order chi connectivity index (χ0) is 22.9. The van der Waals surface area contributed by atoms with Gasteiger partial charge in [-0.05, 0) is 30.7 Å². The molecular weight excluding hydrogens is 419 g/mol. The maximum Gasteiger partial charge on any atom is 0.419 e. The Kier molecular flexibility index (Phi) is 4.70. The zero-order valence-electron chi connectivity index (χ0n) is 18.8. The predicted octanol–water partition coefficient (Wildman–Crippen LogP) is 4.10. The Morgan fingerprint density at radius 3 is 2.34 bits per heavy atom. The first-order valence-electron chi connectivity index (χ1n) is 11.2. The van der Waals surface area contributed by atoms with Crippen molar-refractivity contribution in [3.63, 3.8) is 0 Å². The number of morpholine rings is 1. The Morgan fingerprint density at radius 2 is 1.75 bits per heavy atom. The summed E-state index contributed by atoms with van der Waals surface area (Å²) in [5, 5.41) is 0. The molecule has 0 unspecified atom stereocenters. The largest absolute Gasteiger partial charge is 0.419 e. The van der Waals surface area contributed by atoms with E-state index in [-0.39, 0.29) is 16.5 Å². The van der Waals surface area contributed by atoms with Crippen molar-refractivity contribution in [1.29, 1.82) is 0 Å². The molecule has 3 heterocycles. The van der Waals surface area contributed by atoms with Gasteiger partial charge in [-0.3, -0.25) is 4.90 Å². The van der Waals surface area contributed by atoms with Gasteiger partial charge in [0.05, 0.1) is 30.0 Å². The molecule has 0 atom stereocenters. The van der Waals surface area contributed by atoms with Crippen LogP contribution < -0.4 is 5.73 Å². The van der Waals surface area contributed by atoms with E-state index in [0.29, 0.717) is 11.3 Å². The van der Waals surface area contributed by atoms with E-state index in [4.69, 9.17) is 15.5 Å². The van der Waals surface area contributed by atoms with Gasteiger partial charge in [0.1, 0.15) is 11.6 Å². The molecule has 2 bridgehead atoms. The highest BCUT2D eigenvalue weighted by atomic mass is 19.4. The first-order chi connectivity index (χ1) is 14.9. The van der Waals surface area contributed by atoms with Crippen molar-refractivity contribution < 1.29 is 17.9 Å². The summed E-state index contributed by atoms with van der Waals surface area (Å²) in [7, 11) is 0. The van der Waals surface area contributed by atoms with Gasteiger partial charge in [-0.1, -0.05) is 20.8 Å². The van der Waals surface area contributed by atoms with Crippen LogP contribution >= 0.6 is 0 Å².